The first-order chi connectivity index (χ1) is 13.2. The van der Waals surface area contributed by atoms with Gasteiger partial charge in [-0.1, -0.05) is 18.2 Å². The van der Waals surface area contributed by atoms with Crippen molar-refractivity contribution in [2.45, 2.75) is 13.5 Å². The minimum absolute atomic E-state index is 0.0896. The molecule has 0 aliphatic rings. The number of benzene rings is 1. The first-order valence-corrected chi connectivity index (χ1v) is 8.51. The number of pyridine rings is 2. The third kappa shape index (κ3) is 4.78. The first kappa shape index (κ1) is 18.3. The zero-order chi connectivity index (χ0) is 19.1. The Bertz CT molecular complexity index is 888. The maximum Gasteiger partial charge on any atom is 0.322 e. The molecule has 1 N–H and O–H groups in total. The average Bonchev–Trinajstić information content (AvgIpc) is 2.70. The molecule has 0 spiro atoms. The van der Waals surface area contributed by atoms with Crippen molar-refractivity contribution in [3.63, 3.8) is 0 Å². The molecule has 0 fully saturated rings. The maximum atomic E-state index is 13.7. The normalized spacial score (nSPS) is 10.3. The summed E-state index contributed by atoms with van der Waals surface area (Å²) in [5, 5.41) is 2.78. The largest absolute Gasteiger partial charge is 0.436 e. The van der Waals surface area contributed by atoms with Crippen molar-refractivity contribution in [2.75, 3.05) is 11.4 Å². The van der Waals surface area contributed by atoms with Gasteiger partial charge in [-0.3, -0.25) is 9.88 Å². The molecule has 2 aromatic heterocycles. The van der Waals surface area contributed by atoms with E-state index in [0.717, 1.165) is 5.69 Å². The van der Waals surface area contributed by atoms with Crippen LogP contribution in [0.2, 0.25) is 0 Å². The van der Waals surface area contributed by atoms with Gasteiger partial charge >= 0.3 is 6.03 Å². The number of urea groups is 1. The Labute approximate surface area is 156 Å². The monoisotopic (exact) mass is 366 g/mol. The van der Waals surface area contributed by atoms with E-state index in [2.05, 4.69) is 15.3 Å². The Kier molecular flexibility index (Phi) is 5.94. The molecule has 138 valence electrons. The van der Waals surface area contributed by atoms with Gasteiger partial charge in [-0.2, -0.15) is 0 Å². The molecule has 3 aromatic rings. The fourth-order valence-electron chi connectivity index (χ4n) is 2.41. The van der Waals surface area contributed by atoms with Gasteiger partial charge in [0.1, 0.15) is 0 Å². The van der Waals surface area contributed by atoms with Crippen molar-refractivity contribution in [1.29, 1.82) is 0 Å². The van der Waals surface area contributed by atoms with Crippen molar-refractivity contribution in [3.8, 4) is 11.6 Å². The summed E-state index contributed by atoms with van der Waals surface area (Å²) in [5.41, 5.74) is 1.32. The lowest BCUT2D eigenvalue weighted by Crippen LogP contribution is -2.39. The molecular formula is C20H19FN4O2. The molecule has 0 aliphatic heterocycles. The number of nitrogens with one attached hydrogen (secondary N) is 1. The highest BCUT2D eigenvalue weighted by molar-refractivity contribution is 5.91. The van der Waals surface area contributed by atoms with E-state index in [-0.39, 0.29) is 17.7 Å². The molecule has 2 amide bonds. The number of nitrogens with zero attached hydrogens (tertiary/aromatic N) is 3. The van der Waals surface area contributed by atoms with E-state index in [1.54, 1.807) is 30.5 Å². The number of amides is 2. The lowest BCUT2D eigenvalue weighted by molar-refractivity contribution is 0.246. The molecular weight excluding hydrogens is 347 g/mol. The van der Waals surface area contributed by atoms with Crippen LogP contribution in [0.25, 0.3) is 0 Å². The molecule has 6 nitrogen and oxygen atoms in total. The maximum absolute atomic E-state index is 13.7. The molecule has 0 atom stereocenters. The number of anilines is 1. The Balaban J connectivity index is 1.80. The molecule has 0 saturated heterocycles. The first-order valence-electron chi connectivity index (χ1n) is 8.51. The number of hydrogen-bond donors (Lipinski definition) is 1. The molecule has 0 unspecified atom stereocenters. The van der Waals surface area contributed by atoms with Crippen LogP contribution in [-0.4, -0.2) is 22.5 Å². The number of para-hydroxylation sites is 1. The summed E-state index contributed by atoms with van der Waals surface area (Å²) in [7, 11) is 0. The quantitative estimate of drug-likeness (QED) is 0.712. The number of ether oxygens (including phenoxy) is 1. The zero-order valence-electron chi connectivity index (χ0n) is 14.8. The summed E-state index contributed by atoms with van der Waals surface area (Å²) in [6.45, 7) is 2.64. The lowest BCUT2D eigenvalue weighted by atomic mass is 10.3. The zero-order valence-corrected chi connectivity index (χ0v) is 14.8. The van der Waals surface area contributed by atoms with Gasteiger partial charge in [0, 0.05) is 18.8 Å². The molecule has 3 rings (SSSR count). The third-order valence-corrected chi connectivity index (χ3v) is 3.70. The van der Waals surface area contributed by atoms with Gasteiger partial charge in [0.05, 0.1) is 24.1 Å². The van der Waals surface area contributed by atoms with Crippen LogP contribution in [0.1, 0.15) is 12.6 Å². The number of carbonyl (C=O) groups excluding carboxylic acids is 1. The number of rotatable bonds is 6. The molecule has 0 aliphatic carbocycles. The van der Waals surface area contributed by atoms with Gasteiger partial charge in [0.2, 0.25) is 5.88 Å². The van der Waals surface area contributed by atoms with E-state index in [1.165, 1.54) is 23.2 Å². The summed E-state index contributed by atoms with van der Waals surface area (Å²) < 4.78 is 19.1. The van der Waals surface area contributed by atoms with Crippen LogP contribution in [0.15, 0.2) is 67.0 Å². The van der Waals surface area contributed by atoms with Crippen LogP contribution in [0, 0.1) is 5.82 Å². The van der Waals surface area contributed by atoms with Gasteiger partial charge in [-0.25, -0.2) is 14.2 Å². The summed E-state index contributed by atoms with van der Waals surface area (Å²) in [6, 6.07) is 14.6. The van der Waals surface area contributed by atoms with Crippen molar-refractivity contribution in [3.05, 3.63) is 78.5 Å². The van der Waals surface area contributed by atoms with Crippen LogP contribution in [-0.2, 0) is 6.54 Å². The summed E-state index contributed by atoms with van der Waals surface area (Å²) in [6.07, 6.45) is 3.18. The van der Waals surface area contributed by atoms with E-state index in [1.807, 2.05) is 25.1 Å². The number of aromatic nitrogens is 2. The number of carbonyl (C=O) groups is 1. The SMILES string of the molecule is CCNC(=O)N(Cc1ccccn1)c1ccc(Oc2ccccc2F)nc1. The number of halogens is 1. The smallest absolute Gasteiger partial charge is 0.322 e. The second-order valence-corrected chi connectivity index (χ2v) is 5.63. The van der Waals surface area contributed by atoms with Crippen molar-refractivity contribution < 1.29 is 13.9 Å². The highest BCUT2D eigenvalue weighted by Gasteiger charge is 2.17. The van der Waals surface area contributed by atoms with E-state index in [0.29, 0.717) is 18.8 Å². The average molecular weight is 366 g/mol. The van der Waals surface area contributed by atoms with Crippen molar-refractivity contribution in [2.24, 2.45) is 0 Å². The fourth-order valence-corrected chi connectivity index (χ4v) is 2.41. The van der Waals surface area contributed by atoms with Crippen LogP contribution < -0.4 is 15.0 Å². The number of hydrogen-bond acceptors (Lipinski definition) is 4. The van der Waals surface area contributed by atoms with Gasteiger partial charge in [-0.05, 0) is 37.3 Å². The Morgan fingerprint density at radius 3 is 2.59 bits per heavy atom. The molecule has 1 aromatic carbocycles. The van der Waals surface area contributed by atoms with Gasteiger partial charge in [0.25, 0.3) is 0 Å². The third-order valence-electron chi connectivity index (χ3n) is 3.70. The minimum Gasteiger partial charge on any atom is -0.436 e. The van der Waals surface area contributed by atoms with E-state index >= 15 is 0 Å². The predicted octanol–water partition coefficient (Wildman–Crippen LogP) is 4.14. The van der Waals surface area contributed by atoms with E-state index in [4.69, 9.17) is 4.74 Å². The molecule has 0 bridgehead atoms. The Morgan fingerprint density at radius 2 is 1.93 bits per heavy atom. The predicted molar refractivity (Wildman–Crippen MR) is 100 cm³/mol. The summed E-state index contributed by atoms with van der Waals surface area (Å²) in [5.74, 6) is -0.146. The van der Waals surface area contributed by atoms with E-state index in [9.17, 15) is 9.18 Å². The molecule has 2 heterocycles. The summed E-state index contributed by atoms with van der Waals surface area (Å²) >= 11 is 0. The Morgan fingerprint density at radius 1 is 1.11 bits per heavy atom. The van der Waals surface area contributed by atoms with Crippen LogP contribution >= 0.6 is 0 Å². The van der Waals surface area contributed by atoms with Crippen molar-refractivity contribution in [1.82, 2.24) is 15.3 Å². The molecule has 0 radical (unpaired) electrons. The van der Waals surface area contributed by atoms with Crippen molar-refractivity contribution >= 4 is 11.7 Å². The minimum atomic E-state index is -0.470. The van der Waals surface area contributed by atoms with Crippen LogP contribution in [0.4, 0.5) is 14.9 Å². The van der Waals surface area contributed by atoms with Gasteiger partial charge in [0.15, 0.2) is 11.6 Å². The highest BCUT2D eigenvalue weighted by atomic mass is 19.1. The molecule has 7 heteroatoms. The standard InChI is InChI=1S/C20H19FN4O2/c1-2-22-20(26)25(14-15-7-5-6-12-23-15)16-10-11-19(24-13-16)27-18-9-4-3-8-17(18)21/h3-13H,2,14H2,1H3,(H,22,26). The fraction of sp³-hybridized carbons (Fsp3) is 0.150. The summed E-state index contributed by atoms with van der Waals surface area (Å²) in [4.78, 5) is 22.4. The second kappa shape index (κ2) is 8.75. The van der Waals surface area contributed by atoms with Crippen LogP contribution in [0.3, 0.4) is 0 Å². The van der Waals surface area contributed by atoms with E-state index < -0.39 is 5.82 Å². The molecule has 0 saturated carbocycles. The highest BCUT2D eigenvalue weighted by Crippen LogP contribution is 2.24. The van der Waals surface area contributed by atoms with Gasteiger partial charge < -0.3 is 10.1 Å². The topological polar surface area (TPSA) is 67.4 Å². The van der Waals surface area contributed by atoms with Crippen LogP contribution in [0.5, 0.6) is 11.6 Å². The second-order valence-electron chi connectivity index (χ2n) is 5.63. The van der Waals surface area contributed by atoms with Gasteiger partial charge in [-0.15, -0.1) is 0 Å². The molecule has 27 heavy (non-hydrogen) atoms. The Hall–Kier alpha value is -3.48. The lowest BCUT2D eigenvalue weighted by Gasteiger charge is -2.22.